The molecule has 2 nitrogen and oxygen atoms in total. The fourth-order valence-electron chi connectivity index (χ4n) is 7.23. The molecule has 0 aromatic carbocycles. The van der Waals surface area contributed by atoms with Crippen LogP contribution in [0, 0.1) is 11.8 Å². The summed E-state index contributed by atoms with van der Waals surface area (Å²) in [5.74, 6) is 6.88. The molecular weight excluding hydrogens is 577 g/mol. The predicted octanol–water partition coefficient (Wildman–Crippen LogP) is 13.6. The summed E-state index contributed by atoms with van der Waals surface area (Å²) < 4.78 is 7.05. The van der Waals surface area contributed by atoms with E-state index in [0.717, 1.165) is 12.8 Å². The fraction of sp³-hybridized carbons (Fsp3) is 0.907. The molecule has 0 spiro atoms. The summed E-state index contributed by atoms with van der Waals surface area (Å²) in [6, 6.07) is 0. The van der Waals surface area contributed by atoms with Crippen molar-refractivity contribution < 1.29 is 4.74 Å². The molecule has 1 rings (SSSR count). The summed E-state index contributed by atoms with van der Waals surface area (Å²) in [4.78, 5) is 2.32. The van der Waals surface area contributed by atoms with E-state index in [1.54, 1.807) is 0 Å². The van der Waals surface area contributed by atoms with Gasteiger partial charge < -0.3 is 9.64 Å². The molecule has 0 aromatic rings. The standard InChI is InChI=1S/C43H82NOP/c1-4-5-6-7-8-9-10-11-12-15-18-21-24-27-30-37-43(39-33-35-42(45-43)36-34-40-44(2)3)38-31-28-25-22-19-16-13-14-17-20-23-26-29-32-41-46/h11-12,42H,4-10,15-41,46H2,1-3H3/b12-11-. The highest BCUT2D eigenvalue weighted by atomic mass is 31.0. The Labute approximate surface area is 293 Å². The van der Waals surface area contributed by atoms with Gasteiger partial charge in [0.2, 0.25) is 0 Å². The van der Waals surface area contributed by atoms with Crippen LogP contribution in [0.5, 0.6) is 0 Å². The van der Waals surface area contributed by atoms with Crippen LogP contribution in [0.25, 0.3) is 0 Å². The van der Waals surface area contributed by atoms with E-state index in [4.69, 9.17) is 4.74 Å². The van der Waals surface area contributed by atoms with E-state index in [2.05, 4.69) is 59.2 Å². The third-order valence-electron chi connectivity index (χ3n) is 10.2. The van der Waals surface area contributed by atoms with Crippen molar-refractivity contribution in [1.29, 1.82) is 0 Å². The maximum Gasteiger partial charge on any atom is 0.0686 e. The summed E-state index contributed by atoms with van der Waals surface area (Å²) in [5.41, 5.74) is 0.168. The highest BCUT2D eigenvalue weighted by molar-refractivity contribution is 7.16. The first-order chi connectivity index (χ1) is 22.6. The molecule has 0 radical (unpaired) electrons. The Bertz CT molecular complexity index is 724. The Morgan fingerprint density at radius 3 is 1.70 bits per heavy atom. The van der Waals surface area contributed by atoms with Crippen LogP contribution in [0.15, 0.2) is 12.2 Å². The van der Waals surface area contributed by atoms with Crippen LogP contribution in [0.3, 0.4) is 0 Å². The lowest BCUT2D eigenvalue weighted by molar-refractivity contribution is -0.141. The van der Waals surface area contributed by atoms with Gasteiger partial charge in [0.05, 0.1) is 11.7 Å². The molecule has 1 heterocycles. The van der Waals surface area contributed by atoms with Gasteiger partial charge in [-0.1, -0.05) is 122 Å². The summed E-state index contributed by atoms with van der Waals surface area (Å²) in [6.07, 6.45) is 49.3. The molecular formula is C43H82NOP. The van der Waals surface area contributed by atoms with Crippen molar-refractivity contribution >= 4 is 9.24 Å². The molecule has 0 N–H and O–H groups in total. The van der Waals surface area contributed by atoms with E-state index in [0.29, 0.717) is 6.10 Å². The number of hydrogen-bond donors (Lipinski definition) is 0. The molecule has 1 aliphatic heterocycles. The van der Waals surface area contributed by atoms with Crippen LogP contribution in [0.1, 0.15) is 212 Å². The highest BCUT2D eigenvalue weighted by Crippen LogP contribution is 2.39. The van der Waals surface area contributed by atoms with Crippen LogP contribution in [0.2, 0.25) is 0 Å². The number of nitrogens with zero attached hydrogens (tertiary/aromatic N) is 1. The van der Waals surface area contributed by atoms with Crippen molar-refractivity contribution in [3.8, 4) is 11.8 Å². The van der Waals surface area contributed by atoms with Crippen LogP contribution >= 0.6 is 9.24 Å². The zero-order valence-electron chi connectivity index (χ0n) is 31.7. The monoisotopic (exact) mass is 660 g/mol. The van der Waals surface area contributed by atoms with E-state index < -0.39 is 0 Å². The summed E-state index contributed by atoms with van der Waals surface area (Å²) in [6.45, 7) is 3.48. The number of allylic oxidation sites excluding steroid dienone is 2. The van der Waals surface area contributed by atoms with Gasteiger partial charge >= 0.3 is 0 Å². The zero-order valence-corrected chi connectivity index (χ0v) is 32.9. The first-order valence-electron chi connectivity index (χ1n) is 20.7. The van der Waals surface area contributed by atoms with Gasteiger partial charge in [-0.2, -0.15) is 0 Å². The maximum absolute atomic E-state index is 7.05. The molecule has 0 saturated carbocycles. The lowest BCUT2D eigenvalue weighted by Gasteiger charge is -2.42. The van der Waals surface area contributed by atoms with Gasteiger partial charge in [0.15, 0.2) is 0 Å². The fourth-order valence-corrected chi connectivity index (χ4v) is 7.52. The van der Waals surface area contributed by atoms with Crippen LogP contribution < -0.4 is 0 Å². The number of hydrogen-bond acceptors (Lipinski definition) is 2. The molecule has 0 amide bonds. The average Bonchev–Trinajstić information content (AvgIpc) is 3.05. The second kappa shape index (κ2) is 33.2. The Morgan fingerprint density at radius 2 is 1.15 bits per heavy atom. The minimum atomic E-state index is 0.168. The molecule has 1 saturated heterocycles. The minimum absolute atomic E-state index is 0.168. The van der Waals surface area contributed by atoms with Crippen molar-refractivity contribution in [1.82, 2.24) is 4.90 Å². The van der Waals surface area contributed by atoms with Crippen LogP contribution in [-0.2, 0) is 4.74 Å². The van der Waals surface area contributed by atoms with Gasteiger partial charge in [-0.3, -0.25) is 0 Å². The quantitative estimate of drug-likeness (QED) is 0.0308. The molecule has 3 heteroatoms. The number of unbranched alkanes of at least 4 members (excludes halogenated alkanes) is 21. The topological polar surface area (TPSA) is 12.5 Å². The average molecular weight is 660 g/mol. The van der Waals surface area contributed by atoms with Crippen LogP contribution in [0.4, 0.5) is 0 Å². The third kappa shape index (κ3) is 27.6. The van der Waals surface area contributed by atoms with E-state index in [1.165, 1.54) is 205 Å². The molecule has 0 aromatic heterocycles. The first kappa shape index (κ1) is 43.7. The second-order valence-corrected chi connectivity index (χ2v) is 15.6. The smallest absolute Gasteiger partial charge is 0.0686 e. The molecule has 46 heavy (non-hydrogen) atoms. The van der Waals surface area contributed by atoms with E-state index in [-0.39, 0.29) is 5.60 Å². The van der Waals surface area contributed by atoms with E-state index in [9.17, 15) is 0 Å². The Kier molecular flexibility index (Phi) is 31.5. The second-order valence-electron chi connectivity index (χ2n) is 15.0. The SMILES string of the molecule is CCCCCCCC/C=C\CCCCCCCC1(CCCCCCCC#CCCCCCCCP)CCCC(CCCN(C)C)O1. The molecule has 270 valence electrons. The molecule has 0 aliphatic carbocycles. The van der Waals surface area contributed by atoms with Crippen molar-refractivity contribution in [3.05, 3.63) is 12.2 Å². The number of rotatable bonds is 32. The summed E-state index contributed by atoms with van der Waals surface area (Å²) in [5, 5.41) is 0. The van der Waals surface area contributed by atoms with Gasteiger partial charge in [-0.15, -0.1) is 21.1 Å². The van der Waals surface area contributed by atoms with Crippen molar-refractivity contribution in [2.24, 2.45) is 0 Å². The first-order valence-corrected chi connectivity index (χ1v) is 21.6. The molecule has 3 atom stereocenters. The van der Waals surface area contributed by atoms with Gasteiger partial charge in [-0.05, 0) is 117 Å². The molecule has 1 fully saturated rings. The molecule has 0 bridgehead atoms. The normalized spacial score (nSPS) is 18.4. The predicted molar refractivity (Wildman–Crippen MR) is 211 cm³/mol. The van der Waals surface area contributed by atoms with Gasteiger partial charge in [-0.25, -0.2) is 0 Å². The summed E-state index contributed by atoms with van der Waals surface area (Å²) in [7, 11) is 7.23. The lowest BCUT2D eigenvalue weighted by Crippen LogP contribution is -2.41. The zero-order chi connectivity index (χ0) is 33.2. The Hall–Kier alpha value is -0.350. The molecule has 3 unspecified atom stereocenters. The van der Waals surface area contributed by atoms with Gasteiger partial charge in [0, 0.05) is 12.8 Å². The highest BCUT2D eigenvalue weighted by Gasteiger charge is 2.36. The van der Waals surface area contributed by atoms with Crippen molar-refractivity contribution in [2.45, 2.75) is 224 Å². The number of ether oxygens (including phenoxy) is 1. The van der Waals surface area contributed by atoms with E-state index in [1.807, 2.05) is 0 Å². The minimum Gasteiger partial charge on any atom is -0.372 e. The molecule has 1 aliphatic rings. The lowest BCUT2D eigenvalue weighted by atomic mass is 9.82. The summed E-state index contributed by atoms with van der Waals surface area (Å²) >= 11 is 0. The Morgan fingerprint density at radius 1 is 0.652 bits per heavy atom. The van der Waals surface area contributed by atoms with Crippen LogP contribution in [-0.4, -0.2) is 43.4 Å². The Balaban J connectivity index is 2.25. The third-order valence-corrected chi connectivity index (χ3v) is 10.6. The van der Waals surface area contributed by atoms with Gasteiger partial charge in [0.25, 0.3) is 0 Å². The van der Waals surface area contributed by atoms with Crippen molar-refractivity contribution in [3.63, 3.8) is 0 Å². The van der Waals surface area contributed by atoms with Crippen molar-refractivity contribution in [2.75, 3.05) is 26.8 Å². The van der Waals surface area contributed by atoms with Gasteiger partial charge in [0.1, 0.15) is 0 Å². The maximum atomic E-state index is 7.05. The van der Waals surface area contributed by atoms with E-state index >= 15 is 0 Å². The largest absolute Gasteiger partial charge is 0.372 e.